The van der Waals surface area contributed by atoms with Crippen LogP contribution in [-0.2, 0) is 0 Å². The summed E-state index contributed by atoms with van der Waals surface area (Å²) in [5.74, 6) is 0. The Hall–Kier alpha value is -1.64. The minimum atomic E-state index is 1.02. The maximum absolute atomic E-state index is 4.12. The highest BCUT2D eigenvalue weighted by atomic mass is 15.1. The molecule has 3 heteroatoms. The molecule has 2 aromatic rings. The number of pyridine rings is 1. The van der Waals surface area contributed by atoms with Gasteiger partial charge in [0, 0.05) is 23.7 Å². The van der Waals surface area contributed by atoms with E-state index in [0.29, 0.717) is 0 Å². The second-order valence-electron chi connectivity index (χ2n) is 2.67. The molecule has 0 atom stereocenters. The molecule has 0 fully saturated rings. The second-order valence-corrected chi connectivity index (χ2v) is 2.67. The van der Waals surface area contributed by atoms with E-state index in [4.69, 9.17) is 0 Å². The molecule has 2 heterocycles. The number of H-pyrrole nitrogens is 1. The topological polar surface area (TPSA) is 41.6 Å². The van der Waals surface area contributed by atoms with Crippen LogP contribution in [0.4, 0.5) is 0 Å². The number of rotatable bonds is 1. The predicted octanol–water partition coefficient (Wildman–Crippen LogP) is 2.81. The fourth-order valence-electron chi connectivity index (χ4n) is 1.13. The molecule has 2 aromatic heterocycles. The Morgan fingerprint density at radius 3 is 2.57 bits per heavy atom. The molecule has 74 valence electrons. The SMILES string of the molecule is CC.Cc1cc(-c2cn[nH]c2)ccn1. The minimum Gasteiger partial charge on any atom is -0.285 e. The molecule has 3 nitrogen and oxygen atoms in total. The lowest BCUT2D eigenvalue weighted by atomic mass is 10.1. The van der Waals surface area contributed by atoms with Crippen molar-refractivity contribution in [1.29, 1.82) is 0 Å². The highest BCUT2D eigenvalue weighted by molar-refractivity contribution is 5.61. The number of hydrogen-bond donors (Lipinski definition) is 1. The molecule has 0 saturated heterocycles. The largest absolute Gasteiger partial charge is 0.285 e. The Morgan fingerprint density at radius 1 is 1.21 bits per heavy atom. The molecule has 2 rings (SSSR count). The fourth-order valence-corrected chi connectivity index (χ4v) is 1.13. The van der Waals surface area contributed by atoms with Crippen LogP contribution in [0.15, 0.2) is 30.7 Å². The van der Waals surface area contributed by atoms with Crippen molar-refractivity contribution in [2.24, 2.45) is 0 Å². The Bertz CT molecular complexity index is 366. The molecule has 0 aliphatic rings. The van der Waals surface area contributed by atoms with Gasteiger partial charge in [-0.15, -0.1) is 0 Å². The van der Waals surface area contributed by atoms with E-state index in [2.05, 4.69) is 15.2 Å². The molecular weight excluding hydrogens is 174 g/mol. The summed E-state index contributed by atoms with van der Waals surface area (Å²) in [6, 6.07) is 4.00. The van der Waals surface area contributed by atoms with Crippen LogP contribution in [0.1, 0.15) is 19.5 Å². The Kier molecular flexibility index (Phi) is 3.85. The highest BCUT2D eigenvalue weighted by Gasteiger charge is 1.97. The predicted molar refractivity (Wildman–Crippen MR) is 57.9 cm³/mol. The van der Waals surface area contributed by atoms with E-state index in [-0.39, 0.29) is 0 Å². The van der Waals surface area contributed by atoms with E-state index in [1.807, 2.05) is 39.1 Å². The normalized spacial score (nSPS) is 9.07. The van der Waals surface area contributed by atoms with Crippen molar-refractivity contribution in [2.75, 3.05) is 0 Å². The molecule has 14 heavy (non-hydrogen) atoms. The summed E-state index contributed by atoms with van der Waals surface area (Å²) in [5.41, 5.74) is 3.27. The smallest absolute Gasteiger partial charge is 0.0565 e. The van der Waals surface area contributed by atoms with Crippen LogP contribution in [0.2, 0.25) is 0 Å². The number of aryl methyl sites for hydroxylation is 1. The second kappa shape index (κ2) is 5.17. The van der Waals surface area contributed by atoms with Gasteiger partial charge in [0.05, 0.1) is 6.20 Å². The quantitative estimate of drug-likeness (QED) is 0.749. The molecule has 0 bridgehead atoms. The first kappa shape index (κ1) is 10.4. The Balaban J connectivity index is 0.000000461. The summed E-state index contributed by atoms with van der Waals surface area (Å²) in [4.78, 5) is 4.12. The Morgan fingerprint density at radius 2 is 2.00 bits per heavy atom. The molecule has 0 amide bonds. The van der Waals surface area contributed by atoms with E-state index in [1.54, 1.807) is 12.4 Å². The number of hydrogen-bond acceptors (Lipinski definition) is 2. The van der Waals surface area contributed by atoms with Crippen molar-refractivity contribution < 1.29 is 0 Å². The van der Waals surface area contributed by atoms with Crippen LogP contribution in [0.5, 0.6) is 0 Å². The third-order valence-electron chi connectivity index (χ3n) is 1.73. The van der Waals surface area contributed by atoms with Gasteiger partial charge in [0.2, 0.25) is 0 Å². The summed E-state index contributed by atoms with van der Waals surface area (Å²) < 4.78 is 0. The summed E-state index contributed by atoms with van der Waals surface area (Å²) in [6.07, 6.45) is 5.47. The van der Waals surface area contributed by atoms with Crippen LogP contribution in [-0.4, -0.2) is 15.2 Å². The van der Waals surface area contributed by atoms with Crippen molar-refractivity contribution in [1.82, 2.24) is 15.2 Å². The lowest BCUT2D eigenvalue weighted by Crippen LogP contribution is -1.80. The first-order chi connectivity index (χ1) is 6.86. The van der Waals surface area contributed by atoms with Gasteiger partial charge in [-0.1, -0.05) is 13.8 Å². The van der Waals surface area contributed by atoms with Crippen molar-refractivity contribution in [3.8, 4) is 11.1 Å². The van der Waals surface area contributed by atoms with Gasteiger partial charge < -0.3 is 0 Å². The Labute approximate surface area is 84.2 Å². The lowest BCUT2D eigenvalue weighted by Gasteiger charge is -1.96. The summed E-state index contributed by atoms with van der Waals surface area (Å²) in [6.45, 7) is 5.98. The molecular formula is C11H15N3. The maximum Gasteiger partial charge on any atom is 0.0565 e. The van der Waals surface area contributed by atoms with Crippen LogP contribution in [0.3, 0.4) is 0 Å². The number of nitrogens with zero attached hydrogens (tertiary/aromatic N) is 2. The van der Waals surface area contributed by atoms with Crippen LogP contribution in [0.25, 0.3) is 11.1 Å². The van der Waals surface area contributed by atoms with Crippen LogP contribution in [0, 0.1) is 6.92 Å². The molecule has 0 aliphatic heterocycles. The average molecular weight is 189 g/mol. The standard InChI is InChI=1S/C9H9N3.C2H6/c1-7-4-8(2-3-10-7)9-5-11-12-6-9;1-2/h2-6H,1H3,(H,11,12);1-2H3. The van der Waals surface area contributed by atoms with E-state index in [1.165, 1.54) is 0 Å². The van der Waals surface area contributed by atoms with Crippen molar-refractivity contribution in [3.63, 3.8) is 0 Å². The van der Waals surface area contributed by atoms with Gasteiger partial charge in [-0.3, -0.25) is 10.1 Å². The van der Waals surface area contributed by atoms with Gasteiger partial charge in [-0.05, 0) is 24.6 Å². The monoisotopic (exact) mass is 189 g/mol. The molecule has 0 saturated carbocycles. The average Bonchev–Trinajstić information content (AvgIpc) is 2.74. The molecule has 0 aliphatic carbocycles. The van der Waals surface area contributed by atoms with Crippen molar-refractivity contribution >= 4 is 0 Å². The molecule has 0 aromatic carbocycles. The van der Waals surface area contributed by atoms with Gasteiger partial charge in [-0.25, -0.2) is 0 Å². The third-order valence-corrected chi connectivity index (χ3v) is 1.73. The maximum atomic E-state index is 4.12. The number of nitrogens with one attached hydrogen (secondary N) is 1. The van der Waals surface area contributed by atoms with E-state index in [9.17, 15) is 0 Å². The zero-order valence-electron chi connectivity index (χ0n) is 8.78. The zero-order valence-corrected chi connectivity index (χ0v) is 8.78. The molecule has 0 unspecified atom stereocenters. The number of aromatic amines is 1. The van der Waals surface area contributed by atoms with Gasteiger partial charge in [0.25, 0.3) is 0 Å². The molecule has 0 radical (unpaired) electrons. The lowest BCUT2D eigenvalue weighted by molar-refractivity contribution is 1.09. The van der Waals surface area contributed by atoms with Gasteiger partial charge in [0.1, 0.15) is 0 Å². The van der Waals surface area contributed by atoms with Crippen LogP contribution >= 0.6 is 0 Å². The van der Waals surface area contributed by atoms with E-state index >= 15 is 0 Å². The zero-order chi connectivity index (χ0) is 10.4. The first-order valence-corrected chi connectivity index (χ1v) is 4.78. The fraction of sp³-hybridized carbons (Fsp3) is 0.273. The minimum absolute atomic E-state index is 1.02. The van der Waals surface area contributed by atoms with Gasteiger partial charge >= 0.3 is 0 Å². The molecule has 1 N–H and O–H groups in total. The van der Waals surface area contributed by atoms with Crippen LogP contribution < -0.4 is 0 Å². The third kappa shape index (κ3) is 2.42. The summed E-state index contributed by atoms with van der Waals surface area (Å²) >= 11 is 0. The first-order valence-electron chi connectivity index (χ1n) is 4.78. The summed E-state index contributed by atoms with van der Waals surface area (Å²) in [7, 11) is 0. The molecule has 0 spiro atoms. The van der Waals surface area contributed by atoms with Gasteiger partial charge in [-0.2, -0.15) is 5.10 Å². The van der Waals surface area contributed by atoms with E-state index < -0.39 is 0 Å². The van der Waals surface area contributed by atoms with Crippen molar-refractivity contribution in [3.05, 3.63) is 36.4 Å². The summed E-state index contributed by atoms with van der Waals surface area (Å²) in [5, 5.41) is 6.66. The highest BCUT2D eigenvalue weighted by Crippen LogP contribution is 2.16. The van der Waals surface area contributed by atoms with Gasteiger partial charge in [0.15, 0.2) is 0 Å². The number of aromatic nitrogens is 3. The van der Waals surface area contributed by atoms with Crippen molar-refractivity contribution in [2.45, 2.75) is 20.8 Å². The van der Waals surface area contributed by atoms with E-state index in [0.717, 1.165) is 16.8 Å².